The van der Waals surface area contributed by atoms with Gasteiger partial charge in [-0.3, -0.25) is 9.48 Å². The van der Waals surface area contributed by atoms with Gasteiger partial charge in [0.2, 0.25) is 0 Å². The van der Waals surface area contributed by atoms with Gasteiger partial charge in [-0.15, -0.1) is 0 Å². The number of aromatic nitrogens is 2. The summed E-state index contributed by atoms with van der Waals surface area (Å²) >= 11 is 5.41. The van der Waals surface area contributed by atoms with Crippen LogP contribution in [-0.4, -0.2) is 33.0 Å². The molecule has 1 aromatic rings. The van der Waals surface area contributed by atoms with Gasteiger partial charge in [-0.2, -0.15) is 5.10 Å². The number of aryl methyl sites for hydroxylation is 2. The van der Waals surface area contributed by atoms with Crippen molar-refractivity contribution in [3.8, 4) is 0 Å². The lowest BCUT2D eigenvalue weighted by Gasteiger charge is -2.23. The van der Waals surface area contributed by atoms with Gasteiger partial charge in [-0.05, 0) is 25.5 Å². The topological polar surface area (TPSA) is 76.7 Å². The second-order valence-electron chi connectivity index (χ2n) is 5.73. The smallest absolute Gasteiger partial charge is 0.168 e. The third-order valence-corrected chi connectivity index (χ3v) is 4.13. The first kappa shape index (κ1) is 18.3. The summed E-state index contributed by atoms with van der Waals surface area (Å²) in [6.45, 7) is 3.99. The summed E-state index contributed by atoms with van der Waals surface area (Å²) in [5.74, 6) is -0.141. The zero-order valence-electron chi connectivity index (χ0n) is 14.1. The highest BCUT2D eigenvalue weighted by Crippen LogP contribution is 2.34. The molecule has 130 valence electrons. The molecule has 1 aliphatic rings. The average molecular weight is 352 g/mol. The van der Waals surface area contributed by atoms with Gasteiger partial charge in [0.1, 0.15) is 12.4 Å². The molecule has 1 aliphatic carbocycles. The lowest BCUT2D eigenvalue weighted by Crippen LogP contribution is -2.24. The third kappa shape index (κ3) is 4.06. The number of ketones is 1. The van der Waals surface area contributed by atoms with Gasteiger partial charge in [-0.1, -0.05) is 23.7 Å². The molecule has 1 unspecified atom stereocenters. The van der Waals surface area contributed by atoms with E-state index >= 15 is 0 Å². The van der Waals surface area contributed by atoms with Gasteiger partial charge in [0.15, 0.2) is 5.78 Å². The van der Waals surface area contributed by atoms with Crippen LogP contribution in [0.2, 0.25) is 0 Å². The first-order chi connectivity index (χ1) is 11.5. The fourth-order valence-corrected chi connectivity index (χ4v) is 3.00. The standard InChI is InChI=1S/C17H22ClN3O3/c1-4-13(20-24-7-5-6-18)17-15(22)9-12(10-16(17)23)14-8-11(2)19-21(14)3/h5-6,8,12,22H,4,7,9-10H2,1-3H3. The maximum absolute atomic E-state index is 12.6. The molecule has 0 aliphatic heterocycles. The zero-order chi connectivity index (χ0) is 17.7. The fourth-order valence-electron chi connectivity index (χ4n) is 2.93. The normalized spacial score (nSPS) is 19.4. The molecule has 0 amide bonds. The molecule has 1 N–H and O–H groups in total. The van der Waals surface area contributed by atoms with Crippen molar-refractivity contribution >= 4 is 23.1 Å². The Hall–Kier alpha value is -2.08. The Morgan fingerprint density at radius 1 is 1.58 bits per heavy atom. The molecule has 0 aromatic carbocycles. The minimum absolute atomic E-state index is 0.0622. The molecule has 0 bridgehead atoms. The highest BCUT2D eigenvalue weighted by atomic mass is 35.5. The Kier molecular flexibility index (Phi) is 6.20. The van der Waals surface area contributed by atoms with E-state index in [1.807, 2.05) is 27.0 Å². The molecule has 0 spiro atoms. The average Bonchev–Trinajstić information content (AvgIpc) is 2.87. The molecule has 0 radical (unpaired) electrons. The Morgan fingerprint density at radius 3 is 2.88 bits per heavy atom. The second-order valence-corrected chi connectivity index (χ2v) is 5.99. The molecule has 6 nitrogen and oxygen atoms in total. The quantitative estimate of drug-likeness (QED) is 0.483. The fraction of sp³-hybridized carbons (Fsp3) is 0.471. The Morgan fingerprint density at radius 2 is 2.33 bits per heavy atom. The second kappa shape index (κ2) is 8.15. The number of carbonyl (C=O) groups is 1. The summed E-state index contributed by atoms with van der Waals surface area (Å²) < 4.78 is 1.77. The third-order valence-electron chi connectivity index (χ3n) is 3.95. The van der Waals surface area contributed by atoms with Crippen LogP contribution >= 0.6 is 11.6 Å². The van der Waals surface area contributed by atoms with Crippen molar-refractivity contribution < 1.29 is 14.7 Å². The van der Waals surface area contributed by atoms with E-state index in [1.54, 1.807) is 10.8 Å². The van der Waals surface area contributed by atoms with Crippen LogP contribution in [0.5, 0.6) is 0 Å². The van der Waals surface area contributed by atoms with E-state index in [9.17, 15) is 9.90 Å². The summed E-state index contributed by atoms with van der Waals surface area (Å²) in [5, 5.41) is 18.7. The minimum atomic E-state index is -0.125. The molecule has 1 heterocycles. The lowest BCUT2D eigenvalue weighted by molar-refractivity contribution is -0.116. The summed E-state index contributed by atoms with van der Waals surface area (Å²) in [4.78, 5) is 17.7. The van der Waals surface area contributed by atoms with E-state index < -0.39 is 0 Å². The number of oxime groups is 1. The van der Waals surface area contributed by atoms with E-state index in [0.29, 0.717) is 25.0 Å². The molecule has 0 saturated carbocycles. The number of rotatable bonds is 6. The van der Waals surface area contributed by atoms with Crippen molar-refractivity contribution in [3.63, 3.8) is 0 Å². The molecule has 0 saturated heterocycles. The highest BCUT2D eigenvalue weighted by molar-refractivity contribution is 6.25. The molecule has 0 fully saturated rings. The lowest BCUT2D eigenvalue weighted by atomic mass is 9.83. The minimum Gasteiger partial charge on any atom is -0.511 e. The monoisotopic (exact) mass is 351 g/mol. The van der Waals surface area contributed by atoms with E-state index in [0.717, 1.165) is 11.4 Å². The van der Waals surface area contributed by atoms with Gasteiger partial charge in [0.05, 0.1) is 17.0 Å². The molecule has 1 atom stereocenters. The van der Waals surface area contributed by atoms with E-state index in [1.165, 1.54) is 5.54 Å². The number of nitrogens with zero attached hydrogens (tertiary/aromatic N) is 3. The highest BCUT2D eigenvalue weighted by Gasteiger charge is 2.32. The van der Waals surface area contributed by atoms with Crippen molar-refractivity contribution in [2.45, 2.75) is 39.0 Å². The number of aliphatic hydroxyl groups is 1. The summed E-state index contributed by atoms with van der Waals surface area (Å²) in [6, 6.07) is 1.95. The van der Waals surface area contributed by atoms with Crippen molar-refractivity contribution in [3.05, 3.63) is 40.4 Å². The van der Waals surface area contributed by atoms with Crippen LogP contribution in [0.15, 0.2) is 34.2 Å². The molecule has 7 heteroatoms. The molecular weight excluding hydrogens is 330 g/mol. The number of hydrogen-bond acceptors (Lipinski definition) is 5. The van der Waals surface area contributed by atoms with Crippen molar-refractivity contribution in [1.29, 1.82) is 0 Å². The maximum atomic E-state index is 12.6. The zero-order valence-corrected chi connectivity index (χ0v) is 14.9. The van der Waals surface area contributed by atoms with Crippen molar-refractivity contribution in [1.82, 2.24) is 9.78 Å². The van der Waals surface area contributed by atoms with Crippen molar-refractivity contribution in [2.24, 2.45) is 12.2 Å². The number of carbonyl (C=O) groups excluding carboxylic acids is 1. The first-order valence-corrected chi connectivity index (χ1v) is 8.31. The van der Waals surface area contributed by atoms with E-state index in [-0.39, 0.29) is 29.6 Å². The molecule has 1 aromatic heterocycles. The van der Waals surface area contributed by atoms with Gasteiger partial charge >= 0.3 is 0 Å². The molecule has 24 heavy (non-hydrogen) atoms. The summed E-state index contributed by atoms with van der Waals surface area (Å²) in [6.07, 6.45) is 2.79. The predicted molar refractivity (Wildman–Crippen MR) is 93.3 cm³/mol. The predicted octanol–water partition coefficient (Wildman–Crippen LogP) is 3.52. The maximum Gasteiger partial charge on any atom is 0.168 e. The van der Waals surface area contributed by atoms with Gasteiger partial charge in [0.25, 0.3) is 0 Å². The Bertz CT molecular complexity index is 704. The summed E-state index contributed by atoms with van der Waals surface area (Å²) in [7, 11) is 1.85. The first-order valence-electron chi connectivity index (χ1n) is 7.88. The van der Waals surface area contributed by atoms with Gasteiger partial charge in [0, 0.05) is 37.0 Å². The van der Waals surface area contributed by atoms with Crippen LogP contribution in [0.25, 0.3) is 0 Å². The summed E-state index contributed by atoms with van der Waals surface area (Å²) in [5.41, 5.74) is 3.92. The van der Waals surface area contributed by atoms with Crippen LogP contribution in [0.4, 0.5) is 0 Å². The van der Waals surface area contributed by atoms with E-state index in [2.05, 4.69) is 10.3 Å². The number of Topliss-reactive ketones (excluding diaryl/α,β-unsaturated/α-hetero) is 1. The number of aliphatic hydroxyl groups excluding tert-OH is 1. The van der Waals surface area contributed by atoms with Gasteiger partial charge < -0.3 is 9.94 Å². The molecule has 2 rings (SSSR count). The molecular formula is C17H22ClN3O3. The number of halogens is 1. The van der Waals surface area contributed by atoms with Crippen LogP contribution in [0.1, 0.15) is 43.5 Å². The van der Waals surface area contributed by atoms with Crippen LogP contribution in [0.3, 0.4) is 0 Å². The largest absolute Gasteiger partial charge is 0.511 e. The number of hydrogen-bond donors (Lipinski definition) is 1. The van der Waals surface area contributed by atoms with Gasteiger partial charge in [-0.25, -0.2) is 0 Å². The van der Waals surface area contributed by atoms with Crippen molar-refractivity contribution in [2.75, 3.05) is 6.61 Å². The van der Waals surface area contributed by atoms with Crippen LogP contribution < -0.4 is 0 Å². The Labute approximate surface area is 146 Å². The van der Waals surface area contributed by atoms with Crippen LogP contribution in [0, 0.1) is 6.92 Å². The number of allylic oxidation sites excluding steroid dienone is 2. The SMILES string of the molecule is CCC(=NOCC=CCl)C1=C(O)CC(c2cc(C)nn2C)CC1=O. The Balaban J connectivity index is 2.23. The van der Waals surface area contributed by atoms with E-state index in [4.69, 9.17) is 16.4 Å². The van der Waals surface area contributed by atoms with Crippen LogP contribution in [-0.2, 0) is 16.7 Å².